The molecule has 0 fully saturated rings. The van der Waals surface area contributed by atoms with E-state index in [0.717, 1.165) is 5.69 Å². The van der Waals surface area contributed by atoms with Crippen molar-refractivity contribution in [3.63, 3.8) is 0 Å². The van der Waals surface area contributed by atoms with Crippen LogP contribution < -0.4 is 14.8 Å². The second-order valence-electron chi connectivity index (χ2n) is 5.88. The van der Waals surface area contributed by atoms with Crippen LogP contribution in [0.2, 0.25) is 5.02 Å². The number of methoxy groups -OCH3 is 2. The number of pyridine rings is 1. The van der Waals surface area contributed by atoms with E-state index in [2.05, 4.69) is 20.3 Å². The zero-order chi connectivity index (χ0) is 20.8. The highest BCUT2D eigenvalue weighted by atomic mass is 35.5. The molecule has 0 saturated carbocycles. The van der Waals surface area contributed by atoms with Crippen molar-refractivity contribution >= 4 is 35.0 Å². The van der Waals surface area contributed by atoms with E-state index in [4.69, 9.17) is 21.1 Å². The second kappa shape index (κ2) is 9.58. The molecule has 7 nitrogen and oxygen atoms in total. The average Bonchev–Trinajstić information content (AvgIpc) is 2.73. The monoisotopic (exact) mass is 430 g/mol. The fraction of sp³-hybridized carbons (Fsp3) is 0.200. The predicted molar refractivity (Wildman–Crippen MR) is 114 cm³/mol. The Morgan fingerprint density at radius 1 is 1.10 bits per heavy atom. The molecule has 3 aromatic rings. The molecule has 9 heteroatoms. The van der Waals surface area contributed by atoms with Crippen molar-refractivity contribution in [1.82, 2.24) is 15.0 Å². The van der Waals surface area contributed by atoms with Crippen molar-refractivity contribution in [3.05, 3.63) is 53.4 Å². The number of rotatable bonds is 7. The molecule has 1 amide bonds. The lowest BCUT2D eigenvalue weighted by molar-refractivity contribution is -0.113. The Kier molecular flexibility index (Phi) is 6.90. The molecule has 150 valence electrons. The molecule has 1 aromatic carbocycles. The Morgan fingerprint density at radius 2 is 1.90 bits per heavy atom. The van der Waals surface area contributed by atoms with Gasteiger partial charge in [0.1, 0.15) is 22.3 Å². The summed E-state index contributed by atoms with van der Waals surface area (Å²) in [5, 5.41) is 3.87. The summed E-state index contributed by atoms with van der Waals surface area (Å²) in [6.45, 7) is 1.81. The third kappa shape index (κ3) is 5.36. The molecule has 0 saturated heterocycles. The molecule has 3 rings (SSSR count). The Morgan fingerprint density at radius 3 is 2.59 bits per heavy atom. The minimum atomic E-state index is -0.217. The highest BCUT2D eigenvalue weighted by Crippen LogP contribution is 2.36. The van der Waals surface area contributed by atoms with Gasteiger partial charge in [0.25, 0.3) is 0 Å². The average molecular weight is 431 g/mol. The molecule has 0 atom stereocenters. The molecule has 0 aliphatic heterocycles. The first-order valence-electron chi connectivity index (χ1n) is 8.61. The molecular formula is C20H19ClN4O3S. The number of carbonyl (C=O) groups excluding carboxylic acids is 1. The summed E-state index contributed by atoms with van der Waals surface area (Å²) in [6, 6.07) is 10.7. The number of carbonyl (C=O) groups is 1. The first-order chi connectivity index (χ1) is 14.0. The van der Waals surface area contributed by atoms with Gasteiger partial charge in [0.2, 0.25) is 5.91 Å². The van der Waals surface area contributed by atoms with E-state index in [0.29, 0.717) is 38.8 Å². The lowest BCUT2D eigenvalue weighted by Gasteiger charge is -2.13. The summed E-state index contributed by atoms with van der Waals surface area (Å²) in [4.78, 5) is 25.6. The minimum Gasteiger partial charge on any atom is -0.495 e. The third-order valence-corrected chi connectivity index (χ3v) is 5.05. The zero-order valence-corrected chi connectivity index (χ0v) is 17.7. The first kappa shape index (κ1) is 20.9. The molecule has 29 heavy (non-hydrogen) atoms. The van der Waals surface area contributed by atoms with E-state index >= 15 is 0 Å². The summed E-state index contributed by atoms with van der Waals surface area (Å²) in [7, 11) is 3.02. The number of nitrogens with zero attached hydrogens (tertiary/aromatic N) is 3. The predicted octanol–water partition coefficient (Wildman–Crippen LogP) is 4.25. The van der Waals surface area contributed by atoms with Crippen LogP contribution in [-0.4, -0.2) is 40.8 Å². The van der Waals surface area contributed by atoms with Crippen LogP contribution in [0.25, 0.3) is 11.4 Å². The van der Waals surface area contributed by atoms with Gasteiger partial charge in [0.15, 0.2) is 0 Å². The van der Waals surface area contributed by atoms with Crippen molar-refractivity contribution in [2.75, 3.05) is 25.3 Å². The van der Waals surface area contributed by atoms with Crippen LogP contribution in [0.4, 0.5) is 5.69 Å². The van der Waals surface area contributed by atoms with Gasteiger partial charge < -0.3 is 14.8 Å². The van der Waals surface area contributed by atoms with Gasteiger partial charge in [-0.2, -0.15) is 0 Å². The smallest absolute Gasteiger partial charge is 0.234 e. The first-order valence-corrected chi connectivity index (χ1v) is 9.97. The van der Waals surface area contributed by atoms with Gasteiger partial charge >= 0.3 is 0 Å². The van der Waals surface area contributed by atoms with Crippen molar-refractivity contribution in [1.29, 1.82) is 0 Å². The number of thioether (sulfide) groups is 1. The maximum atomic E-state index is 12.4. The van der Waals surface area contributed by atoms with Crippen molar-refractivity contribution in [2.45, 2.75) is 11.9 Å². The molecule has 1 N–H and O–H groups in total. The van der Waals surface area contributed by atoms with Crippen LogP contribution in [0, 0.1) is 6.92 Å². The van der Waals surface area contributed by atoms with Gasteiger partial charge in [-0.15, -0.1) is 0 Å². The molecule has 2 heterocycles. The van der Waals surface area contributed by atoms with Gasteiger partial charge in [-0.25, -0.2) is 9.97 Å². The van der Waals surface area contributed by atoms with Gasteiger partial charge in [0.05, 0.1) is 42.1 Å². The Balaban J connectivity index is 1.70. The van der Waals surface area contributed by atoms with E-state index in [1.165, 1.54) is 26.0 Å². The fourth-order valence-electron chi connectivity index (χ4n) is 2.54. The summed E-state index contributed by atoms with van der Waals surface area (Å²) in [5.74, 6) is 1.48. The zero-order valence-electron chi connectivity index (χ0n) is 16.1. The number of nitrogens with one attached hydrogen (secondary N) is 1. The van der Waals surface area contributed by atoms with E-state index < -0.39 is 0 Å². The molecule has 0 aliphatic carbocycles. The third-order valence-electron chi connectivity index (χ3n) is 3.84. The summed E-state index contributed by atoms with van der Waals surface area (Å²) in [6.07, 6.45) is 1.71. The van der Waals surface area contributed by atoms with E-state index in [1.54, 1.807) is 25.3 Å². The topological polar surface area (TPSA) is 86.2 Å². The largest absolute Gasteiger partial charge is 0.495 e. The minimum absolute atomic E-state index is 0.158. The summed E-state index contributed by atoms with van der Waals surface area (Å²) >= 11 is 7.45. The van der Waals surface area contributed by atoms with Crippen LogP contribution >= 0.6 is 23.4 Å². The van der Waals surface area contributed by atoms with E-state index in [-0.39, 0.29) is 11.7 Å². The SMILES string of the molecule is COc1cc(OC)c(NC(=O)CSc2cc(-c3ccccn3)nc(C)n2)cc1Cl. The number of anilines is 1. The van der Waals surface area contributed by atoms with Crippen molar-refractivity contribution in [3.8, 4) is 22.9 Å². The van der Waals surface area contributed by atoms with Gasteiger partial charge in [0, 0.05) is 12.3 Å². The van der Waals surface area contributed by atoms with Gasteiger partial charge in [-0.3, -0.25) is 9.78 Å². The van der Waals surface area contributed by atoms with Gasteiger partial charge in [-0.1, -0.05) is 29.4 Å². The van der Waals surface area contributed by atoms with E-state index in [1.807, 2.05) is 24.3 Å². The van der Waals surface area contributed by atoms with Crippen LogP contribution in [0.3, 0.4) is 0 Å². The normalized spacial score (nSPS) is 10.5. The quantitative estimate of drug-likeness (QED) is 0.443. The number of hydrogen-bond donors (Lipinski definition) is 1. The second-order valence-corrected chi connectivity index (χ2v) is 7.28. The maximum Gasteiger partial charge on any atom is 0.234 e. The molecular weight excluding hydrogens is 412 g/mol. The summed E-state index contributed by atoms with van der Waals surface area (Å²) < 4.78 is 10.5. The molecule has 0 bridgehead atoms. The molecule has 2 aromatic heterocycles. The van der Waals surface area contributed by atoms with E-state index in [9.17, 15) is 4.79 Å². The molecule has 0 radical (unpaired) electrons. The maximum absolute atomic E-state index is 12.4. The fourth-order valence-corrected chi connectivity index (χ4v) is 3.53. The highest BCUT2D eigenvalue weighted by molar-refractivity contribution is 7.99. The number of hydrogen-bond acceptors (Lipinski definition) is 7. The molecule has 0 aliphatic rings. The standard InChI is InChI=1S/C20H19ClN4O3S/c1-12-23-15(14-6-4-5-7-22-14)9-20(24-12)29-11-19(26)25-16-8-13(21)17(27-2)10-18(16)28-3/h4-10H,11H2,1-3H3,(H,25,26). The number of amides is 1. The van der Waals surface area contributed by atoms with Crippen LogP contribution in [0.15, 0.2) is 47.6 Å². The van der Waals surface area contributed by atoms with Crippen molar-refractivity contribution in [2.24, 2.45) is 0 Å². The highest BCUT2D eigenvalue weighted by Gasteiger charge is 2.14. The number of aromatic nitrogens is 3. The number of ether oxygens (including phenoxy) is 2. The van der Waals surface area contributed by atoms with Crippen LogP contribution in [0.5, 0.6) is 11.5 Å². The molecule has 0 spiro atoms. The van der Waals surface area contributed by atoms with Gasteiger partial charge in [-0.05, 0) is 31.2 Å². The number of halogens is 1. The Labute approximate surface area is 177 Å². The lowest BCUT2D eigenvalue weighted by Crippen LogP contribution is -2.15. The number of benzene rings is 1. The van der Waals surface area contributed by atoms with Crippen LogP contribution in [0.1, 0.15) is 5.82 Å². The lowest BCUT2D eigenvalue weighted by atomic mass is 10.2. The summed E-state index contributed by atoms with van der Waals surface area (Å²) in [5.41, 5.74) is 1.93. The Bertz CT molecular complexity index is 1020. The van der Waals surface area contributed by atoms with Crippen molar-refractivity contribution < 1.29 is 14.3 Å². The number of aryl methyl sites for hydroxylation is 1. The Hall–Kier alpha value is -2.84. The van der Waals surface area contributed by atoms with Crippen LogP contribution in [-0.2, 0) is 4.79 Å². The molecule has 0 unspecified atom stereocenters.